The molecule has 70 valence electrons. The molecule has 0 aliphatic carbocycles. The van der Waals surface area contributed by atoms with Crippen molar-refractivity contribution in [3.63, 3.8) is 0 Å². The lowest BCUT2D eigenvalue weighted by Gasteiger charge is -2.02. The fourth-order valence-corrected chi connectivity index (χ4v) is 1.15. The van der Waals surface area contributed by atoms with E-state index in [0.717, 1.165) is 10.9 Å². The Morgan fingerprint density at radius 1 is 1.29 bits per heavy atom. The van der Waals surface area contributed by atoms with E-state index >= 15 is 0 Å². The maximum atomic E-state index is 5.34. The van der Waals surface area contributed by atoms with Crippen LogP contribution in [-0.2, 0) is 0 Å². The maximum absolute atomic E-state index is 5.34. The van der Waals surface area contributed by atoms with Crippen molar-refractivity contribution in [1.82, 2.24) is 15.4 Å². The lowest BCUT2D eigenvalue weighted by Crippen LogP contribution is -1.99. The summed E-state index contributed by atoms with van der Waals surface area (Å²) in [5.74, 6) is 0.496. The minimum atomic E-state index is 0.419. The number of hydrogen-bond donors (Lipinski definition) is 0. The van der Waals surface area contributed by atoms with Gasteiger partial charge in [0.05, 0.1) is 5.39 Å². The molecule has 0 amide bonds. The third-order valence-corrected chi connectivity index (χ3v) is 1.76. The highest BCUT2D eigenvalue weighted by Gasteiger charge is 2.03. The summed E-state index contributed by atoms with van der Waals surface area (Å²) in [6.45, 7) is 3.99. The molecule has 14 heavy (non-hydrogen) atoms. The van der Waals surface area contributed by atoms with E-state index in [1.165, 1.54) is 0 Å². The molecule has 0 spiro atoms. The minimum absolute atomic E-state index is 0.419. The highest BCUT2D eigenvalue weighted by Crippen LogP contribution is 2.19. The number of fused-ring (bicyclic) bond motifs is 1. The average molecular weight is 187 g/mol. The van der Waals surface area contributed by atoms with Gasteiger partial charge in [-0.3, -0.25) is 0 Å². The second kappa shape index (κ2) is 3.83. The third kappa shape index (κ3) is 1.54. The Hall–Kier alpha value is -1.97. The van der Waals surface area contributed by atoms with Gasteiger partial charge in [0.15, 0.2) is 0 Å². The molecule has 0 aliphatic rings. The Bertz CT molecular complexity index is 451. The third-order valence-electron chi connectivity index (χ3n) is 1.76. The number of nitrogens with zero attached hydrogens (tertiary/aromatic N) is 3. The Balaban J connectivity index is 2.48. The molecular weight excluding hydrogens is 178 g/mol. The zero-order chi connectivity index (χ0) is 9.80. The first-order chi connectivity index (χ1) is 6.92. The van der Waals surface area contributed by atoms with Crippen LogP contribution >= 0.6 is 0 Å². The van der Waals surface area contributed by atoms with E-state index in [0.29, 0.717) is 12.5 Å². The van der Waals surface area contributed by atoms with Gasteiger partial charge in [0, 0.05) is 0 Å². The molecule has 0 atom stereocenters. The predicted molar refractivity (Wildman–Crippen MR) is 53.0 cm³/mol. The number of benzene rings is 1. The summed E-state index contributed by atoms with van der Waals surface area (Å²) in [5, 5.41) is 12.2. The van der Waals surface area contributed by atoms with E-state index in [4.69, 9.17) is 4.74 Å². The Labute approximate surface area is 81.2 Å². The van der Waals surface area contributed by atoms with Crippen molar-refractivity contribution in [1.29, 1.82) is 0 Å². The molecule has 0 radical (unpaired) electrons. The van der Waals surface area contributed by atoms with Crippen LogP contribution < -0.4 is 4.74 Å². The van der Waals surface area contributed by atoms with Gasteiger partial charge >= 0.3 is 0 Å². The molecule has 2 rings (SSSR count). The summed E-state index contributed by atoms with van der Waals surface area (Å²) in [6.07, 6.45) is 1.66. The molecule has 0 saturated carbocycles. The van der Waals surface area contributed by atoms with Crippen molar-refractivity contribution < 1.29 is 4.74 Å². The van der Waals surface area contributed by atoms with Crippen molar-refractivity contribution in [2.24, 2.45) is 0 Å². The topological polar surface area (TPSA) is 47.9 Å². The number of hydrogen-bond acceptors (Lipinski definition) is 4. The fourth-order valence-electron chi connectivity index (χ4n) is 1.15. The first-order valence-corrected chi connectivity index (χ1v) is 4.23. The quantitative estimate of drug-likeness (QED) is 0.684. The zero-order valence-corrected chi connectivity index (χ0v) is 7.55. The number of rotatable bonds is 3. The highest BCUT2D eigenvalue weighted by molar-refractivity contribution is 5.82. The number of aromatic nitrogens is 3. The van der Waals surface area contributed by atoms with Crippen LogP contribution in [0.25, 0.3) is 10.9 Å². The zero-order valence-electron chi connectivity index (χ0n) is 7.55. The van der Waals surface area contributed by atoms with E-state index in [-0.39, 0.29) is 0 Å². The van der Waals surface area contributed by atoms with E-state index in [9.17, 15) is 0 Å². The lowest BCUT2D eigenvalue weighted by atomic mass is 10.2. The van der Waals surface area contributed by atoms with E-state index in [1.807, 2.05) is 24.3 Å². The van der Waals surface area contributed by atoms with Gasteiger partial charge in [0.25, 0.3) is 0 Å². The largest absolute Gasteiger partial charge is 0.472 e. The molecule has 2 aromatic rings. The normalized spacial score (nSPS) is 10.0. The SMILES string of the molecule is C=CCOc1nnnc2ccccc12. The van der Waals surface area contributed by atoms with E-state index in [2.05, 4.69) is 22.0 Å². The van der Waals surface area contributed by atoms with Crippen molar-refractivity contribution in [2.75, 3.05) is 6.61 Å². The summed E-state index contributed by atoms with van der Waals surface area (Å²) >= 11 is 0. The van der Waals surface area contributed by atoms with Gasteiger partial charge in [-0.25, -0.2) is 0 Å². The van der Waals surface area contributed by atoms with Gasteiger partial charge in [-0.15, -0.1) is 5.10 Å². The first kappa shape index (κ1) is 8.62. The molecule has 0 unspecified atom stereocenters. The molecule has 0 saturated heterocycles. The molecule has 1 heterocycles. The van der Waals surface area contributed by atoms with Crippen LogP contribution in [-0.4, -0.2) is 22.0 Å². The van der Waals surface area contributed by atoms with Crippen LogP contribution in [0.3, 0.4) is 0 Å². The smallest absolute Gasteiger partial charge is 0.245 e. The molecule has 0 bridgehead atoms. The van der Waals surface area contributed by atoms with Crippen LogP contribution in [0.1, 0.15) is 0 Å². The van der Waals surface area contributed by atoms with Crippen molar-refractivity contribution in [3.8, 4) is 5.88 Å². The van der Waals surface area contributed by atoms with Gasteiger partial charge in [0.1, 0.15) is 12.1 Å². The van der Waals surface area contributed by atoms with Crippen molar-refractivity contribution >= 4 is 10.9 Å². The molecule has 0 fully saturated rings. The molecule has 0 aliphatic heterocycles. The summed E-state index contributed by atoms with van der Waals surface area (Å²) in [6, 6.07) is 7.57. The molecule has 1 aromatic carbocycles. The second-order valence-electron chi connectivity index (χ2n) is 2.71. The van der Waals surface area contributed by atoms with Crippen LogP contribution in [0.15, 0.2) is 36.9 Å². The number of ether oxygens (including phenoxy) is 1. The lowest BCUT2D eigenvalue weighted by molar-refractivity contribution is 0.347. The van der Waals surface area contributed by atoms with E-state index < -0.39 is 0 Å². The predicted octanol–water partition coefficient (Wildman–Crippen LogP) is 1.59. The standard InChI is InChI=1S/C10H9N3O/c1-2-7-14-10-8-5-3-4-6-9(8)11-13-12-10/h2-6H,1,7H2. The molecular formula is C10H9N3O. The van der Waals surface area contributed by atoms with Gasteiger partial charge < -0.3 is 4.74 Å². The monoisotopic (exact) mass is 187 g/mol. The summed E-state index contributed by atoms with van der Waals surface area (Å²) < 4.78 is 5.34. The summed E-state index contributed by atoms with van der Waals surface area (Å²) in [5.41, 5.74) is 0.779. The Kier molecular flexibility index (Phi) is 2.36. The van der Waals surface area contributed by atoms with Gasteiger partial charge in [-0.1, -0.05) is 29.9 Å². The summed E-state index contributed by atoms with van der Waals surface area (Å²) in [7, 11) is 0. The van der Waals surface area contributed by atoms with Crippen LogP contribution in [0, 0.1) is 0 Å². The fraction of sp³-hybridized carbons (Fsp3) is 0.100. The molecule has 4 heteroatoms. The van der Waals surface area contributed by atoms with Gasteiger partial charge in [-0.05, 0) is 17.3 Å². The summed E-state index contributed by atoms with van der Waals surface area (Å²) in [4.78, 5) is 0. The average Bonchev–Trinajstić information content (AvgIpc) is 2.26. The van der Waals surface area contributed by atoms with E-state index in [1.54, 1.807) is 6.08 Å². The van der Waals surface area contributed by atoms with Crippen LogP contribution in [0.5, 0.6) is 5.88 Å². The van der Waals surface area contributed by atoms with Gasteiger partial charge in [0.2, 0.25) is 5.88 Å². The van der Waals surface area contributed by atoms with Crippen LogP contribution in [0.2, 0.25) is 0 Å². The van der Waals surface area contributed by atoms with Crippen LogP contribution in [0.4, 0.5) is 0 Å². The van der Waals surface area contributed by atoms with Crippen molar-refractivity contribution in [3.05, 3.63) is 36.9 Å². The van der Waals surface area contributed by atoms with Crippen molar-refractivity contribution in [2.45, 2.75) is 0 Å². The molecule has 0 N–H and O–H groups in total. The highest BCUT2D eigenvalue weighted by atomic mass is 16.5. The molecule has 1 aromatic heterocycles. The minimum Gasteiger partial charge on any atom is -0.472 e. The van der Waals surface area contributed by atoms with Gasteiger partial charge in [-0.2, -0.15) is 0 Å². The Morgan fingerprint density at radius 3 is 3.00 bits per heavy atom. The molecule has 4 nitrogen and oxygen atoms in total. The maximum Gasteiger partial charge on any atom is 0.245 e. The Morgan fingerprint density at radius 2 is 2.14 bits per heavy atom. The first-order valence-electron chi connectivity index (χ1n) is 4.23. The second-order valence-corrected chi connectivity index (χ2v) is 2.71.